The summed E-state index contributed by atoms with van der Waals surface area (Å²) in [6.07, 6.45) is 1.84. The third-order valence-corrected chi connectivity index (χ3v) is 4.69. The van der Waals surface area contributed by atoms with Crippen LogP contribution in [0.2, 0.25) is 0 Å². The van der Waals surface area contributed by atoms with Gasteiger partial charge < -0.3 is 4.90 Å². The molecule has 0 N–H and O–H groups in total. The molecule has 0 unspecified atom stereocenters. The minimum atomic E-state index is -0.0806. The number of ketones is 2. The van der Waals surface area contributed by atoms with Gasteiger partial charge in [-0.1, -0.05) is 54.6 Å². The lowest BCUT2D eigenvalue weighted by Gasteiger charge is -2.27. The maximum absolute atomic E-state index is 12.9. The van der Waals surface area contributed by atoms with Crippen LogP contribution in [0.4, 0.5) is 0 Å². The van der Waals surface area contributed by atoms with Crippen molar-refractivity contribution in [3.05, 3.63) is 81.9 Å². The van der Waals surface area contributed by atoms with E-state index in [0.717, 1.165) is 5.56 Å². The molecule has 0 saturated carbocycles. The number of hydrogen-bond acceptors (Lipinski definition) is 4. The van der Waals surface area contributed by atoms with Crippen molar-refractivity contribution in [2.45, 2.75) is 6.54 Å². The van der Waals surface area contributed by atoms with Crippen LogP contribution >= 0.6 is 11.8 Å². The average Bonchev–Trinajstić information content (AvgIpc) is 2.58. The van der Waals surface area contributed by atoms with E-state index in [2.05, 4.69) is 0 Å². The summed E-state index contributed by atoms with van der Waals surface area (Å²) in [5, 5.41) is 0. The molecular weight excluding hydrogens is 306 g/mol. The molecule has 0 atom stereocenters. The van der Waals surface area contributed by atoms with E-state index in [4.69, 9.17) is 0 Å². The third-order valence-electron chi connectivity index (χ3n) is 3.90. The van der Waals surface area contributed by atoms with Crippen molar-refractivity contribution in [2.24, 2.45) is 0 Å². The molecule has 0 fully saturated rings. The zero-order valence-corrected chi connectivity index (χ0v) is 13.9. The predicted molar refractivity (Wildman–Crippen MR) is 93.6 cm³/mol. The van der Waals surface area contributed by atoms with E-state index < -0.39 is 0 Å². The molecular formula is C19H17NO2S. The first-order valence-corrected chi connectivity index (χ1v) is 8.57. The SMILES string of the molecule is CSC1=C(N(C)Cc2ccccc2)C(=O)c2ccccc2C1=O. The van der Waals surface area contributed by atoms with E-state index in [-0.39, 0.29) is 11.6 Å². The largest absolute Gasteiger partial charge is 0.366 e. The minimum Gasteiger partial charge on any atom is -0.366 e. The quantitative estimate of drug-likeness (QED) is 0.858. The van der Waals surface area contributed by atoms with Gasteiger partial charge in [-0.05, 0) is 11.8 Å². The summed E-state index contributed by atoms with van der Waals surface area (Å²) in [6, 6.07) is 17.0. The van der Waals surface area contributed by atoms with Crippen LogP contribution in [0.1, 0.15) is 26.3 Å². The Morgan fingerprint density at radius 1 is 0.870 bits per heavy atom. The summed E-state index contributed by atoms with van der Waals surface area (Å²) in [6.45, 7) is 0.585. The summed E-state index contributed by atoms with van der Waals surface area (Å²) >= 11 is 1.34. The van der Waals surface area contributed by atoms with Crippen molar-refractivity contribution in [3.63, 3.8) is 0 Å². The number of allylic oxidation sites excluding steroid dienone is 2. The van der Waals surface area contributed by atoms with Crippen molar-refractivity contribution >= 4 is 23.3 Å². The highest BCUT2D eigenvalue weighted by Crippen LogP contribution is 2.33. The molecule has 2 aromatic rings. The number of carbonyl (C=O) groups is 2. The van der Waals surface area contributed by atoms with Gasteiger partial charge in [0.05, 0.1) is 4.91 Å². The highest BCUT2D eigenvalue weighted by Gasteiger charge is 2.33. The zero-order chi connectivity index (χ0) is 16.4. The van der Waals surface area contributed by atoms with E-state index in [0.29, 0.717) is 28.3 Å². The van der Waals surface area contributed by atoms with Crippen LogP contribution in [0.15, 0.2) is 65.2 Å². The molecule has 2 aromatic carbocycles. The van der Waals surface area contributed by atoms with E-state index in [1.807, 2.05) is 48.5 Å². The molecule has 116 valence electrons. The number of fused-ring (bicyclic) bond motifs is 1. The Bertz CT molecular complexity index is 796. The van der Waals surface area contributed by atoms with Crippen LogP contribution in [0.5, 0.6) is 0 Å². The van der Waals surface area contributed by atoms with E-state index >= 15 is 0 Å². The summed E-state index contributed by atoms with van der Waals surface area (Å²) in [7, 11) is 1.86. The Hall–Kier alpha value is -2.33. The van der Waals surface area contributed by atoms with Gasteiger partial charge in [-0.15, -0.1) is 11.8 Å². The molecule has 0 aromatic heterocycles. The number of hydrogen-bond donors (Lipinski definition) is 0. The molecule has 1 aliphatic carbocycles. The van der Waals surface area contributed by atoms with E-state index in [1.54, 1.807) is 24.3 Å². The number of carbonyl (C=O) groups excluding carboxylic acids is 2. The fourth-order valence-corrected chi connectivity index (χ4v) is 3.55. The van der Waals surface area contributed by atoms with Gasteiger partial charge in [0.25, 0.3) is 0 Å². The first-order valence-electron chi connectivity index (χ1n) is 7.35. The Labute approximate surface area is 140 Å². The molecule has 0 saturated heterocycles. The van der Waals surface area contributed by atoms with Crippen LogP contribution in [0.3, 0.4) is 0 Å². The van der Waals surface area contributed by atoms with Crippen LogP contribution in [0.25, 0.3) is 0 Å². The summed E-state index contributed by atoms with van der Waals surface area (Å²) in [5.74, 6) is -0.148. The maximum atomic E-state index is 12.9. The highest BCUT2D eigenvalue weighted by molar-refractivity contribution is 8.03. The van der Waals surface area contributed by atoms with E-state index in [9.17, 15) is 9.59 Å². The number of benzene rings is 2. The predicted octanol–water partition coefficient (Wildman–Crippen LogP) is 3.77. The summed E-state index contributed by atoms with van der Waals surface area (Å²) < 4.78 is 0. The Morgan fingerprint density at radius 2 is 1.43 bits per heavy atom. The van der Waals surface area contributed by atoms with Crippen LogP contribution in [-0.2, 0) is 6.54 Å². The molecule has 0 heterocycles. The van der Waals surface area contributed by atoms with Crippen LogP contribution < -0.4 is 0 Å². The standard InChI is InChI=1S/C19H17NO2S/c1-20(12-13-8-4-3-5-9-13)16-17(21)14-10-6-7-11-15(14)18(22)19(16)23-2/h3-11H,12H2,1-2H3. The maximum Gasteiger partial charge on any atom is 0.211 e. The average molecular weight is 323 g/mol. The minimum absolute atomic E-state index is 0.0670. The Balaban J connectivity index is 2.02. The van der Waals surface area contributed by atoms with Crippen molar-refractivity contribution in [1.29, 1.82) is 0 Å². The Kier molecular flexibility index (Phi) is 4.35. The molecule has 3 rings (SSSR count). The molecule has 0 aliphatic heterocycles. The van der Waals surface area contributed by atoms with Crippen molar-refractivity contribution < 1.29 is 9.59 Å². The van der Waals surface area contributed by atoms with Gasteiger partial charge in [-0.3, -0.25) is 9.59 Å². The van der Waals surface area contributed by atoms with Gasteiger partial charge in [0, 0.05) is 24.7 Å². The topological polar surface area (TPSA) is 37.4 Å². The van der Waals surface area contributed by atoms with Gasteiger partial charge in [0.15, 0.2) is 0 Å². The van der Waals surface area contributed by atoms with Crippen LogP contribution in [-0.4, -0.2) is 29.8 Å². The van der Waals surface area contributed by atoms with Crippen molar-refractivity contribution in [2.75, 3.05) is 13.3 Å². The summed E-state index contributed by atoms with van der Waals surface area (Å²) in [5.41, 5.74) is 2.58. The smallest absolute Gasteiger partial charge is 0.211 e. The van der Waals surface area contributed by atoms with Crippen molar-refractivity contribution in [3.8, 4) is 0 Å². The first-order chi connectivity index (χ1) is 11.1. The van der Waals surface area contributed by atoms with Gasteiger partial charge in [0.2, 0.25) is 11.6 Å². The normalized spacial score (nSPS) is 14.0. The molecule has 0 amide bonds. The van der Waals surface area contributed by atoms with Crippen molar-refractivity contribution in [1.82, 2.24) is 4.90 Å². The van der Waals surface area contributed by atoms with Gasteiger partial charge in [0.1, 0.15) is 5.70 Å². The monoisotopic (exact) mass is 323 g/mol. The molecule has 3 nitrogen and oxygen atoms in total. The lowest BCUT2D eigenvalue weighted by Crippen LogP contribution is -2.31. The molecule has 23 heavy (non-hydrogen) atoms. The fourth-order valence-electron chi connectivity index (χ4n) is 2.81. The highest BCUT2D eigenvalue weighted by atomic mass is 32.2. The van der Waals surface area contributed by atoms with Gasteiger partial charge in [-0.25, -0.2) is 0 Å². The lowest BCUT2D eigenvalue weighted by atomic mass is 9.92. The first kappa shape index (κ1) is 15.6. The second-order valence-corrected chi connectivity index (χ2v) is 6.24. The van der Waals surface area contributed by atoms with Gasteiger partial charge >= 0.3 is 0 Å². The molecule has 1 aliphatic rings. The second-order valence-electron chi connectivity index (χ2n) is 5.43. The number of thioether (sulfide) groups is 1. The number of nitrogens with zero attached hydrogens (tertiary/aromatic N) is 1. The molecule has 0 radical (unpaired) electrons. The number of Topliss-reactive ketones (excluding diaryl/α,β-unsaturated/α-hetero) is 2. The molecule has 0 spiro atoms. The lowest BCUT2D eigenvalue weighted by molar-refractivity contribution is 0.0953. The number of likely N-dealkylation sites (N-methyl/N-ethyl adjacent to an activating group) is 1. The van der Waals surface area contributed by atoms with Gasteiger partial charge in [-0.2, -0.15) is 0 Å². The molecule has 0 bridgehead atoms. The second kappa shape index (κ2) is 6.42. The fraction of sp³-hybridized carbons (Fsp3) is 0.158. The third kappa shape index (κ3) is 2.82. The zero-order valence-electron chi connectivity index (χ0n) is 13.1. The Morgan fingerprint density at radius 3 is 2.04 bits per heavy atom. The number of rotatable bonds is 4. The van der Waals surface area contributed by atoms with Crippen LogP contribution in [0, 0.1) is 0 Å². The summed E-state index contributed by atoms with van der Waals surface area (Å²) in [4.78, 5) is 28.0. The van der Waals surface area contributed by atoms with E-state index in [1.165, 1.54) is 11.8 Å². The molecule has 4 heteroatoms.